The van der Waals surface area contributed by atoms with Gasteiger partial charge < -0.3 is 5.11 Å². The van der Waals surface area contributed by atoms with Crippen LogP contribution in [0.5, 0.6) is 0 Å². The highest BCUT2D eigenvalue weighted by atomic mass is 16.4. The van der Waals surface area contributed by atoms with Crippen LogP contribution >= 0.6 is 0 Å². The largest absolute Gasteiger partial charge is 0.478 e. The van der Waals surface area contributed by atoms with Crippen molar-refractivity contribution < 1.29 is 14.7 Å². The van der Waals surface area contributed by atoms with Gasteiger partial charge in [0.15, 0.2) is 0 Å². The van der Waals surface area contributed by atoms with Crippen molar-refractivity contribution in [2.24, 2.45) is 0 Å². The van der Waals surface area contributed by atoms with Gasteiger partial charge in [0, 0.05) is 12.4 Å². The Bertz CT molecular complexity index is 581. The third-order valence-corrected chi connectivity index (χ3v) is 2.70. The lowest BCUT2D eigenvalue weighted by molar-refractivity contribution is 0.0697. The molecule has 4 nitrogen and oxygen atoms in total. The van der Waals surface area contributed by atoms with E-state index in [-0.39, 0.29) is 17.9 Å². The molecule has 0 aliphatic heterocycles. The molecule has 2 rings (SSSR count). The molecule has 0 saturated carbocycles. The first-order valence-electron chi connectivity index (χ1n) is 5.56. The van der Waals surface area contributed by atoms with Crippen molar-refractivity contribution in [1.29, 1.82) is 0 Å². The number of carboxylic acid groups (broad SMARTS) is 1. The minimum absolute atomic E-state index is 0.118. The zero-order valence-electron chi connectivity index (χ0n) is 9.96. The van der Waals surface area contributed by atoms with Crippen LogP contribution in [0, 0.1) is 6.92 Å². The van der Waals surface area contributed by atoms with Crippen molar-refractivity contribution in [1.82, 2.24) is 4.57 Å². The van der Waals surface area contributed by atoms with Gasteiger partial charge in [0.1, 0.15) is 0 Å². The zero-order chi connectivity index (χ0) is 13.1. The third-order valence-electron chi connectivity index (χ3n) is 2.70. The van der Waals surface area contributed by atoms with Crippen molar-refractivity contribution in [2.75, 3.05) is 0 Å². The summed E-state index contributed by atoms with van der Waals surface area (Å²) in [5, 5.41) is 8.78. The Hall–Kier alpha value is -2.36. The summed E-state index contributed by atoms with van der Waals surface area (Å²) in [6.07, 6.45) is 3.06. The number of aromatic nitrogens is 1. The van der Waals surface area contributed by atoms with E-state index < -0.39 is 5.97 Å². The van der Waals surface area contributed by atoms with Crippen LogP contribution in [0.3, 0.4) is 0 Å². The fourth-order valence-electron chi connectivity index (χ4n) is 1.65. The van der Waals surface area contributed by atoms with E-state index in [4.69, 9.17) is 5.11 Å². The molecular weight excluding hydrogens is 230 g/mol. The minimum atomic E-state index is -1.03. The van der Waals surface area contributed by atoms with E-state index >= 15 is 0 Å². The summed E-state index contributed by atoms with van der Waals surface area (Å²) in [6.45, 7) is 1.98. The molecule has 1 heterocycles. The SMILES string of the molecule is Cc1ccc(CC(=O)n2ccc(C(=O)O)c2)cc1. The lowest BCUT2D eigenvalue weighted by atomic mass is 10.1. The van der Waals surface area contributed by atoms with Gasteiger partial charge in [0.2, 0.25) is 5.91 Å². The lowest BCUT2D eigenvalue weighted by Crippen LogP contribution is -2.11. The Morgan fingerprint density at radius 3 is 2.39 bits per heavy atom. The average molecular weight is 243 g/mol. The zero-order valence-corrected chi connectivity index (χ0v) is 9.96. The number of nitrogens with zero attached hydrogens (tertiary/aromatic N) is 1. The van der Waals surface area contributed by atoms with Crippen molar-refractivity contribution in [3.05, 3.63) is 59.4 Å². The number of aromatic carboxylic acids is 1. The van der Waals surface area contributed by atoms with Crippen LogP contribution in [0.15, 0.2) is 42.7 Å². The van der Waals surface area contributed by atoms with Gasteiger partial charge in [-0.1, -0.05) is 29.8 Å². The maximum absolute atomic E-state index is 11.9. The van der Waals surface area contributed by atoms with Crippen LogP contribution in [0.25, 0.3) is 0 Å². The number of carbonyl (C=O) groups excluding carboxylic acids is 1. The van der Waals surface area contributed by atoms with Crippen molar-refractivity contribution in [3.63, 3.8) is 0 Å². The predicted octanol–water partition coefficient (Wildman–Crippen LogP) is 2.38. The maximum atomic E-state index is 11.9. The van der Waals surface area contributed by atoms with E-state index in [2.05, 4.69) is 0 Å². The first kappa shape index (κ1) is 12.1. The molecule has 2 aromatic rings. The van der Waals surface area contributed by atoms with Gasteiger partial charge in [-0.25, -0.2) is 4.79 Å². The summed E-state index contributed by atoms with van der Waals surface area (Å²) in [7, 11) is 0. The fourth-order valence-corrected chi connectivity index (χ4v) is 1.65. The second kappa shape index (κ2) is 4.87. The van der Waals surface area contributed by atoms with Crippen LogP contribution in [0.4, 0.5) is 0 Å². The third kappa shape index (κ3) is 2.66. The van der Waals surface area contributed by atoms with Crippen LogP contribution in [0.2, 0.25) is 0 Å². The van der Waals surface area contributed by atoms with Crippen LogP contribution < -0.4 is 0 Å². The Kier molecular flexibility index (Phi) is 3.28. The summed E-state index contributed by atoms with van der Waals surface area (Å²) in [6, 6.07) is 9.10. The van der Waals surface area contributed by atoms with E-state index in [1.807, 2.05) is 31.2 Å². The molecule has 0 fully saturated rings. The first-order chi connectivity index (χ1) is 8.56. The highest BCUT2D eigenvalue weighted by molar-refractivity contribution is 5.89. The van der Waals surface area contributed by atoms with E-state index in [0.29, 0.717) is 0 Å². The molecule has 0 spiro atoms. The predicted molar refractivity (Wildman–Crippen MR) is 66.9 cm³/mol. The van der Waals surface area contributed by atoms with Crippen LogP contribution in [0.1, 0.15) is 26.3 Å². The molecule has 0 amide bonds. The van der Waals surface area contributed by atoms with Crippen LogP contribution in [-0.2, 0) is 6.42 Å². The lowest BCUT2D eigenvalue weighted by Gasteiger charge is -2.02. The second-order valence-electron chi connectivity index (χ2n) is 4.17. The molecule has 0 saturated heterocycles. The molecule has 1 aromatic heterocycles. The van der Waals surface area contributed by atoms with Gasteiger partial charge in [-0.3, -0.25) is 9.36 Å². The van der Waals surface area contributed by atoms with Crippen molar-refractivity contribution in [2.45, 2.75) is 13.3 Å². The molecule has 4 heteroatoms. The summed E-state index contributed by atoms with van der Waals surface area (Å²) in [5.74, 6) is -1.18. The molecule has 0 bridgehead atoms. The summed E-state index contributed by atoms with van der Waals surface area (Å²) in [4.78, 5) is 22.6. The topological polar surface area (TPSA) is 59.3 Å². The van der Waals surface area contributed by atoms with Gasteiger partial charge in [0.05, 0.1) is 12.0 Å². The second-order valence-corrected chi connectivity index (χ2v) is 4.17. The Morgan fingerprint density at radius 2 is 1.83 bits per heavy atom. The van der Waals surface area contributed by atoms with Gasteiger partial charge in [-0.05, 0) is 18.6 Å². The smallest absolute Gasteiger partial charge is 0.337 e. The molecule has 0 atom stereocenters. The normalized spacial score (nSPS) is 10.3. The molecular formula is C14H13NO3. The molecule has 1 aromatic carbocycles. The molecule has 92 valence electrons. The number of rotatable bonds is 3. The van der Waals surface area contributed by atoms with Gasteiger partial charge >= 0.3 is 5.97 Å². The van der Waals surface area contributed by atoms with Gasteiger partial charge in [-0.2, -0.15) is 0 Å². The first-order valence-corrected chi connectivity index (χ1v) is 5.56. The Balaban J connectivity index is 2.11. The number of carbonyl (C=O) groups is 2. The summed E-state index contributed by atoms with van der Waals surface area (Å²) >= 11 is 0. The number of hydrogen-bond donors (Lipinski definition) is 1. The Morgan fingerprint density at radius 1 is 1.17 bits per heavy atom. The molecule has 0 aliphatic carbocycles. The fraction of sp³-hybridized carbons (Fsp3) is 0.143. The van der Waals surface area contributed by atoms with Gasteiger partial charge in [-0.15, -0.1) is 0 Å². The number of aryl methyl sites for hydroxylation is 1. The molecule has 0 unspecified atom stereocenters. The molecule has 0 aliphatic rings. The monoisotopic (exact) mass is 243 g/mol. The quantitative estimate of drug-likeness (QED) is 0.900. The summed E-state index contributed by atoms with van der Waals surface area (Å²) in [5.41, 5.74) is 2.17. The minimum Gasteiger partial charge on any atom is -0.478 e. The van der Waals surface area contributed by atoms with Crippen molar-refractivity contribution in [3.8, 4) is 0 Å². The average Bonchev–Trinajstić information content (AvgIpc) is 2.81. The van der Waals surface area contributed by atoms with E-state index in [0.717, 1.165) is 11.1 Å². The highest BCUT2D eigenvalue weighted by Crippen LogP contribution is 2.07. The number of carboxylic acids is 1. The molecule has 0 radical (unpaired) electrons. The number of hydrogen-bond acceptors (Lipinski definition) is 2. The van der Waals surface area contributed by atoms with Crippen molar-refractivity contribution >= 4 is 11.9 Å². The van der Waals surface area contributed by atoms with Gasteiger partial charge in [0.25, 0.3) is 0 Å². The van der Waals surface area contributed by atoms with E-state index in [9.17, 15) is 9.59 Å². The van der Waals surface area contributed by atoms with E-state index in [1.165, 1.54) is 23.0 Å². The highest BCUT2D eigenvalue weighted by Gasteiger charge is 2.10. The summed E-state index contributed by atoms with van der Waals surface area (Å²) < 4.78 is 1.31. The molecule has 1 N–H and O–H groups in total. The standard InChI is InChI=1S/C14H13NO3/c1-10-2-4-11(5-3-10)8-13(16)15-7-6-12(9-15)14(17)18/h2-7,9H,8H2,1H3,(H,17,18). The number of benzene rings is 1. The Labute approximate surface area is 104 Å². The van der Waals surface area contributed by atoms with E-state index in [1.54, 1.807) is 0 Å². The van der Waals surface area contributed by atoms with Crippen LogP contribution in [-0.4, -0.2) is 21.6 Å². The molecule has 18 heavy (non-hydrogen) atoms. The maximum Gasteiger partial charge on any atom is 0.337 e.